The Labute approximate surface area is 140 Å². The minimum atomic E-state index is 0. The van der Waals surface area contributed by atoms with Crippen LogP contribution in [0.4, 0.5) is 5.13 Å². The number of nitrogens with zero attached hydrogens (tertiary/aromatic N) is 1. The minimum Gasteiger partial charge on any atom is -0.375 e. The van der Waals surface area contributed by atoms with E-state index >= 15 is 0 Å². The lowest BCUT2D eigenvalue weighted by atomic mass is 9.89. The zero-order chi connectivity index (χ0) is 14.2. The van der Waals surface area contributed by atoms with Crippen LogP contribution in [0.15, 0.2) is 0 Å². The summed E-state index contributed by atoms with van der Waals surface area (Å²) in [6, 6.07) is 1.29. The van der Waals surface area contributed by atoms with Crippen LogP contribution in [0.5, 0.6) is 0 Å². The molecule has 1 aromatic rings. The van der Waals surface area contributed by atoms with E-state index in [-0.39, 0.29) is 18.3 Å². The lowest BCUT2D eigenvalue weighted by Crippen LogP contribution is -2.39. The first-order valence-corrected chi connectivity index (χ1v) is 8.70. The Morgan fingerprint density at radius 2 is 2.14 bits per heavy atom. The third-order valence-corrected chi connectivity index (χ3v) is 5.77. The number of hydrogen-bond acceptors (Lipinski definition) is 5. The first-order valence-electron chi connectivity index (χ1n) is 7.88. The number of amides is 1. The number of aromatic nitrogens is 1. The molecule has 1 aromatic heterocycles. The molecule has 3 aliphatic heterocycles. The number of nitrogens with one attached hydrogen (secondary N) is 2. The van der Waals surface area contributed by atoms with Crippen LogP contribution >= 0.6 is 23.7 Å². The number of thiazole rings is 1. The standard InChI is InChI=1S/C15H21N3O2S.ClH/c19-14(7-9-5-10-1-2-11(6-9)16-10)18-15-17-12-3-4-20-8-13(12)21-15;/h9-11,16H,1-8H2,(H,17,18,19);1H. The third kappa shape index (κ3) is 3.45. The topological polar surface area (TPSA) is 63.2 Å². The Morgan fingerprint density at radius 1 is 1.36 bits per heavy atom. The van der Waals surface area contributed by atoms with Crippen LogP contribution in [0.3, 0.4) is 0 Å². The SMILES string of the molecule is Cl.O=C(CC1CC2CCC(C1)N2)Nc1nc2c(s1)COCC2. The fraction of sp³-hybridized carbons (Fsp3) is 0.733. The fourth-order valence-electron chi connectivity index (χ4n) is 3.85. The van der Waals surface area contributed by atoms with Gasteiger partial charge in [0.15, 0.2) is 5.13 Å². The van der Waals surface area contributed by atoms with Crippen molar-refractivity contribution in [3.05, 3.63) is 10.6 Å². The number of hydrogen-bond donors (Lipinski definition) is 2. The van der Waals surface area contributed by atoms with E-state index in [9.17, 15) is 4.79 Å². The molecule has 0 radical (unpaired) electrons. The first kappa shape index (κ1) is 16.2. The first-order chi connectivity index (χ1) is 10.3. The molecule has 0 spiro atoms. The molecule has 2 fully saturated rings. The van der Waals surface area contributed by atoms with Gasteiger partial charge >= 0.3 is 0 Å². The Morgan fingerprint density at radius 3 is 2.86 bits per heavy atom. The van der Waals surface area contributed by atoms with Gasteiger partial charge in [0.1, 0.15) is 0 Å². The van der Waals surface area contributed by atoms with Gasteiger partial charge < -0.3 is 15.4 Å². The van der Waals surface area contributed by atoms with Gasteiger partial charge in [-0.3, -0.25) is 4.79 Å². The minimum absolute atomic E-state index is 0. The van der Waals surface area contributed by atoms with Gasteiger partial charge in [0.25, 0.3) is 0 Å². The molecule has 2 atom stereocenters. The summed E-state index contributed by atoms with van der Waals surface area (Å²) in [4.78, 5) is 17.9. The molecule has 4 rings (SSSR count). The number of ether oxygens (including phenoxy) is 1. The second-order valence-electron chi connectivity index (χ2n) is 6.42. The van der Waals surface area contributed by atoms with Crippen LogP contribution in [0.2, 0.25) is 0 Å². The fourth-order valence-corrected chi connectivity index (χ4v) is 4.81. The van der Waals surface area contributed by atoms with Gasteiger partial charge in [-0.2, -0.15) is 0 Å². The van der Waals surface area contributed by atoms with Crippen LogP contribution < -0.4 is 10.6 Å². The second-order valence-corrected chi connectivity index (χ2v) is 7.50. The predicted molar refractivity (Wildman–Crippen MR) is 88.6 cm³/mol. The average molecular weight is 344 g/mol. The van der Waals surface area contributed by atoms with Crippen LogP contribution in [-0.4, -0.2) is 29.6 Å². The van der Waals surface area contributed by atoms with Crippen molar-refractivity contribution >= 4 is 34.8 Å². The van der Waals surface area contributed by atoms with Gasteiger partial charge in [-0.05, 0) is 31.6 Å². The Bertz CT molecular complexity index is 515. The van der Waals surface area contributed by atoms with E-state index in [0.717, 1.165) is 41.6 Å². The van der Waals surface area contributed by atoms with Crippen molar-refractivity contribution in [2.24, 2.45) is 5.92 Å². The molecule has 0 aliphatic carbocycles. The average Bonchev–Trinajstić information content (AvgIpc) is 3.01. The van der Waals surface area contributed by atoms with E-state index in [1.807, 2.05) is 0 Å². The molecule has 2 saturated heterocycles. The maximum absolute atomic E-state index is 12.2. The summed E-state index contributed by atoms with van der Waals surface area (Å²) in [6.45, 7) is 1.38. The number of fused-ring (bicyclic) bond motifs is 3. The Kier molecular flexibility index (Phi) is 5.02. The van der Waals surface area contributed by atoms with E-state index in [2.05, 4.69) is 15.6 Å². The summed E-state index contributed by atoms with van der Waals surface area (Å²) in [5.74, 6) is 0.648. The normalized spacial score (nSPS) is 29.5. The molecule has 4 heterocycles. The summed E-state index contributed by atoms with van der Waals surface area (Å²) >= 11 is 1.56. The number of anilines is 1. The summed E-state index contributed by atoms with van der Waals surface area (Å²) in [6.07, 6.45) is 6.34. The summed E-state index contributed by atoms with van der Waals surface area (Å²) in [7, 11) is 0. The van der Waals surface area contributed by atoms with Gasteiger partial charge in [-0.25, -0.2) is 4.98 Å². The van der Waals surface area contributed by atoms with Crippen molar-refractivity contribution in [2.75, 3.05) is 11.9 Å². The molecule has 2 bridgehead atoms. The van der Waals surface area contributed by atoms with Crippen LogP contribution in [-0.2, 0) is 22.6 Å². The second kappa shape index (κ2) is 6.83. The lowest BCUT2D eigenvalue weighted by molar-refractivity contribution is -0.117. The maximum atomic E-state index is 12.2. The van der Waals surface area contributed by atoms with Gasteiger partial charge in [-0.15, -0.1) is 12.4 Å². The Balaban J connectivity index is 0.00000144. The molecule has 2 unspecified atom stereocenters. The number of carbonyl (C=O) groups excluding carboxylic acids is 1. The molecule has 0 aromatic carbocycles. The van der Waals surface area contributed by atoms with E-state index in [0.29, 0.717) is 31.0 Å². The van der Waals surface area contributed by atoms with Gasteiger partial charge in [0.2, 0.25) is 5.91 Å². The van der Waals surface area contributed by atoms with Crippen molar-refractivity contribution in [1.82, 2.24) is 10.3 Å². The van der Waals surface area contributed by atoms with Crippen molar-refractivity contribution in [3.8, 4) is 0 Å². The largest absolute Gasteiger partial charge is 0.375 e. The highest BCUT2D eigenvalue weighted by Gasteiger charge is 2.34. The molecule has 3 aliphatic rings. The molecule has 7 heteroatoms. The van der Waals surface area contributed by atoms with E-state index in [4.69, 9.17) is 4.74 Å². The summed E-state index contributed by atoms with van der Waals surface area (Å²) < 4.78 is 5.42. The van der Waals surface area contributed by atoms with Gasteiger partial charge in [-0.1, -0.05) is 11.3 Å². The number of piperidine rings is 1. The number of halogens is 1. The van der Waals surface area contributed by atoms with Gasteiger partial charge in [0.05, 0.1) is 23.8 Å². The summed E-state index contributed by atoms with van der Waals surface area (Å²) in [5, 5.41) is 7.35. The monoisotopic (exact) mass is 343 g/mol. The Hall–Kier alpha value is -0.690. The van der Waals surface area contributed by atoms with Crippen LogP contribution in [0.25, 0.3) is 0 Å². The van der Waals surface area contributed by atoms with Crippen molar-refractivity contribution in [3.63, 3.8) is 0 Å². The quantitative estimate of drug-likeness (QED) is 0.885. The molecule has 5 nitrogen and oxygen atoms in total. The zero-order valence-corrected chi connectivity index (χ0v) is 14.1. The lowest BCUT2D eigenvalue weighted by Gasteiger charge is -2.28. The molecular formula is C15H22ClN3O2S. The van der Waals surface area contributed by atoms with Crippen LogP contribution in [0.1, 0.15) is 42.7 Å². The van der Waals surface area contributed by atoms with Gasteiger partial charge in [0, 0.05) is 24.9 Å². The molecular weight excluding hydrogens is 322 g/mol. The van der Waals surface area contributed by atoms with E-state index < -0.39 is 0 Å². The van der Waals surface area contributed by atoms with Crippen molar-refractivity contribution in [2.45, 2.75) is 57.2 Å². The highest BCUT2D eigenvalue weighted by molar-refractivity contribution is 7.15. The zero-order valence-electron chi connectivity index (χ0n) is 12.5. The molecule has 2 N–H and O–H groups in total. The highest BCUT2D eigenvalue weighted by Crippen LogP contribution is 2.33. The number of carbonyl (C=O) groups is 1. The smallest absolute Gasteiger partial charge is 0.226 e. The highest BCUT2D eigenvalue weighted by atomic mass is 35.5. The van der Waals surface area contributed by atoms with Crippen LogP contribution in [0, 0.1) is 5.92 Å². The molecule has 1 amide bonds. The number of rotatable bonds is 3. The van der Waals surface area contributed by atoms with E-state index in [1.54, 1.807) is 11.3 Å². The molecule has 22 heavy (non-hydrogen) atoms. The van der Waals surface area contributed by atoms with Crippen molar-refractivity contribution < 1.29 is 9.53 Å². The van der Waals surface area contributed by atoms with Crippen molar-refractivity contribution in [1.29, 1.82) is 0 Å². The third-order valence-electron chi connectivity index (χ3n) is 4.79. The van der Waals surface area contributed by atoms with E-state index in [1.165, 1.54) is 12.8 Å². The maximum Gasteiger partial charge on any atom is 0.226 e. The molecule has 0 saturated carbocycles. The predicted octanol–water partition coefficient (Wildman–Crippen LogP) is 2.50. The molecule has 122 valence electrons. The summed E-state index contributed by atoms with van der Waals surface area (Å²) in [5.41, 5.74) is 1.10.